The standard InChI is InChI=1S/C8H13BF6O3/c1-2-3-4-16-9(17-5-7(10,11)12)18-6-8(13,14)15/h2-6H2,1H3. The molecule has 0 rings (SSSR count). The Hall–Kier alpha value is -0.475. The molecule has 0 fully saturated rings. The highest BCUT2D eigenvalue weighted by Crippen LogP contribution is 2.18. The zero-order valence-electron chi connectivity index (χ0n) is 9.61. The van der Waals surface area contributed by atoms with Crippen LogP contribution in [0.4, 0.5) is 26.3 Å². The third-order valence-corrected chi connectivity index (χ3v) is 1.52. The topological polar surface area (TPSA) is 27.7 Å². The summed E-state index contributed by atoms with van der Waals surface area (Å²) in [5.41, 5.74) is 0. The predicted octanol–water partition coefficient (Wildman–Crippen LogP) is 2.95. The van der Waals surface area contributed by atoms with Gasteiger partial charge in [-0.3, -0.25) is 0 Å². The van der Waals surface area contributed by atoms with Crippen molar-refractivity contribution in [3.05, 3.63) is 0 Å². The van der Waals surface area contributed by atoms with Gasteiger partial charge in [0.15, 0.2) is 0 Å². The molecular formula is C8H13BF6O3. The number of hydrogen-bond donors (Lipinski definition) is 0. The molecular weight excluding hydrogens is 269 g/mol. The number of alkyl halides is 6. The van der Waals surface area contributed by atoms with Crippen molar-refractivity contribution in [1.29, 1.82) is 0 Å². The highest BCUT2D eigenvalue weighted by molar-refractivity contribution is 6.36. The Morgan fingerprint density at radius 2 is 1.28 bits per heavy atom. The number of halogens is 6. The molecule has 10 heteroatoms. The number of rotatable bonds is 8. The number of unbranched alkanes of at least 4 members (excludes halogenated alkanes) is 1. The third-order valence-electron chi connectivity index (χ3n) is 1.52. The largest absolute Gasteiger partial charge is 0.640 e. The summed E-state index contributed by atoms with van der Waals surface area (Å²) >= 11 is 0. The monoisotopic (exact) mass is 282 g/mol. The van der Waals surface area contributed by atoms with Crippen LogP contribution in [0.3, 0.4) is 0 Å². The first kappa shape index (κ1) is 17.5. The minimum Gasteiger partial charge on any atom is -0.386 e. The van der Waals surface area contributed by atoms with Gasteiger partial charge in [-0.05, 0) is 6.42 Å². The summed E-state index contributed by atoms with van der Waals surface area (Å²) in [5.74, 6) is 0. The van der Waals surface area contributed by atoms with Crippen molar-refractivity contribution >= 4 is 7.32 Å². The van der Waals surface area contributed by atoms with Gasteiger partial charge in [-0.25, -0.2) is 0 Å². The van der Waals surface area contributed by atoms with Gasteiger partial charge in [0.1, 0.15) is 13.2 Å². The highest BCUT2D eigenvalue weighted by Gasteiger charge is 2.36. The minimum atomic E-state index is -4.66. The van der Waals surface area contributed by atoms with Crippen molar-refractivity contribution in [3.8, 4) is 0 Å². The summed E-state index contributed by atoms with van der Waals surface area (Å²) in [4.78, 5) is 0. The van der Waals surface area contributed by atoms with Gasteiger partial charge in [0.25, 0.3) is 0 Å². The molecule has 0 aromatic heterocycles. The van der Waals surface area contributed by atoms with Crippen LogP contribution in [0.1, 0.15) is 19.8 Å². The Morgan fingerprint density at radius 3 is 1.61 bits per heavy atom. The van der Waals surface area contributed by atoms with E-state index in [0.717, 1.165) is 0 Å². The van der Waals surface area contributed by atoms with Gasteiger partial charge in [0, 0.05) is 6.61 Å². The average Bonchev–Trinajstić information content (AvgIpc) is 2.19. The Labute approximate surface area is 101 Å². The molecule has 0 atom stereocenters. The molecule has 18 heavy (non-hydrogen) atoms. The van der Waals surface area contributed by atoms with Crippen molar-refractivity contribution < 1.29 is 40.3 Å². The van der Waals surface area contributed by atoms with Gasteiger partial charge < -0.3 is 14.0 Å². The van der Waals surface area contributed by atoms with Crippen LogP contribution in [0, 0.1) is 0 Å². The summed E-state index contributed by atoms with van der Waals surface area (Å²) in [7, 11) is -1.97. The van der Waals surface area contributed by atoms with Crippen LogP contribution in [0.2, 0.25) is 0 Å². The lowest BCUT2D eigenvalue weighted by Gasteiger charge is -2.16. The highest BCUT2D eigenvalue weighted by atomic mass is 19.4. The predicted molar refractivity (Wildman–Crippen MR) is 50.6 cm³/mol. The molecule has 0 aromatic carbocycles. The van der Waals surface area contributed by atoms with E-state index in [1.165, 1.54) is 0 Å². The van der Waals surface area contributed by atoms with Crippen LogP contribution in [-0.4, -0.2) is 39.5 Å². The molecule has 0 unspecified atom stereocenters. The lowest BCUT2D eigenvalue weighted by Crippen LogP contribution is -2.35. The molecule has 108 valence electrons. The van der Waals surface area contributed by atoms with Gasteiger partial charge >= 0.3 is 19.7 Å². The van der Waals surface area contributed by atoms with E-state index in [4.69, 9.17) is 0 Å². The van der Waals surface area contributed by atoms with E-state index in [0.29, 0.717) is 12.8 Å². The van der Waals surface area contributed by atoms with Crippen molar-refractivity contribution in [3.63, 3.8) is 0 Å². The second-order valence-electron chi connectivity index (χ2n) is 3.37. The van der Waals surface area contributed by atoms with E-state index < -0.39 is 32.9 Å². The van der Waals surface area contributed by atoms with E-state index in [1.807, 2.05) is 0 Å². The van der Waals surface area contributed by atoms with Crippen LogP contribution >= 0.6 is 0 Å². The lowest BCUT2D eigenvalue weighted by atomic mass is 10.2. The maximum atomic E-state index is 11.8. The molecule has 0 spiro atoms. The van der Waals surface area contributed by atoms with Gasteiger partial charge in [-0.2, -0.15) is 26.3 Å². The van der Waals surface area contributed by atoms with Crippen LogP contribution in [0.5, 0.6) is 0 Å². The number of hydrogen-bond acceptors (Lipinski definition) is 3. The summed E-state index contributed by atoms with van der Waals surface area (Å²) in [6.07, 6.45) is -8.17. The average molecular weight is 282 g/mol. The van der Waals surface area contributed by atoms with E-state index in [-0.39, 0.29) is 6.61 Å². The van der Waals surface area contributed by atoms with Crippen molar-refractivity contribution in [2.24, 2.45) is 0 Å². The molecule has 0 heterocycles. The molecule has 0 saturated carbocycles. The zero-order valence-corrected chi connectivity index (χ0v) is 9.61. The molecule has 0 N–H and O–H groups in total. The first-order valence-corrected chi connectivity index (χ1v) is 5.12. The molecule has 0 saturated heterocycles. The van der Waals surface area contributed by atoms with Crippen LogP contribution in [0.25, 0.3) is 0 Å². The maximum Gasteiger partial charge on any atom is 0.640 e. The molecule has 0 bridgehead atoms. The molecule has 0 radical (unpaired) electrons. The Morgan fingerprint density at radius 1 is 0.833 bits per heavy atom. The summed E-state index contributed by atoms with van der Waals surface area (Å²) in [5, 5.41) is 0. The molecule has 3 nitrogen and oxygen atoms in total. The Bertz CT molecular complexity index is 202. The van der Waals surface area contributed by atoms with E-state index >= 15 is 0 Å². The normalized spacial score (nSPS) is 12.8. The minimum absolute atomic E-state index is 0.0448. The van der Waals surface area contributed by atoms with Crippen molar-refractivity contribution in [2.45, 2.75) is 32.1 Å². The summed E-state index contributed by atoms with van der Waals surface area (Å²) in [6, 6.07) is 0. The van der Waals surface area contributed by atoms with E-state index in [2.05, 4.69) is 14.0 Å². The summed E-state index contributed by atoms with van der Waals surface area (Å²) in [6.45, 7) is -1.73. The second kappa shape index (κ2) is 7.85. The summed E-state index contributed by atoms with van der Waals surface area (Å²) < 4.78 is 83.7. The lowest BCUT2D eigenvalue weighted by molar-refractivity contribution is -0.175. The molecule has 0 aliphatic carbocycles. The van der Waals surface area contributed by atoms with Gasteiger partial charge in [0.2, 0.25) is 0 Å². The molecule has 0 aromatic rings. The quantitative estimate of drug-likeness (QED) is 0.389. The van der Waals surface area contributed by atoms with Crippen molar-refractivity contribution in [2.75, 3.05) is 19.8 Å². The van der Waals surface area contributed by atoms with Crippen LogP contribution in [-0.2, 0) is 14.0 Å². The first-order valence-electron chi connectivity index (χ1n) is 5.12. The molecule has 0 amide bonds. The molecule has 0 aliphatic rings. The van der Waals surface area contributed by atoms with Gasteiger partial charge in [-0.15, -0.1) is 0 Å². The van der Waals surface area contributed by atoms with Gasteiger partial charge in [0.05, 0.1) is 0 Å². The van der Waals surface area contributed by atoms with E-state index in [1.54, 1.807) is 6.92 Å². The Balaban J connectivity index is 4.07. The van der Waals surface area contributed by atoms with Crippen LogP contribution in [0.15, 0.2) is 0 Å². The van der Waals surface area contributed by atoms with E-state index in [9.17, 15) is 26.3 Å². The van der Waals surface area contributed by atoms with Crippen molar-refractivity contribution in [1.82, 2.24) is 0 Å². The third kappa shape index (κ3) is 12.0. The fourth-order valence-corrected chi connectivity index (χ4v) is 0.793. The first-order chi connectivity index (χ1) is 8.14. The second-order valence-corrected chi connectivity index (χ2v) is 3.37. The van der Waals surface area contributed by atoms with Gasteiger partial charge in [-0.1, -0.05) is 13.3 Å². The SMILES string of the molecule is CCCCOB(OCC(F)(F)F)OCC(F)(F)F. The smallest absolute Gasteiger partial charge is 0.386 e. The fraction of sp³-hybridized carbons (Fsp3) is 1.00. The Kier molecular flexibility index (Phi) is 7.64. The fourth-order valence-electron chi connectivity index (χ4n) is 0.793. The zero-order chi connectivity index (χ0) is 14.2. The molecule has 0 aliphatic heterocycles. The maximum absolute atomic E-state index is 11.8. The van der Waals surface area contributed by atoms with Crippen LogP contribution < -0.4 is 0 Å².